The molecule has 0 spiro atoms. The van der Waals surface area contributed by atoms with Crippen LogP contribution in [0.2, 0.25) is 0 Å². The van der Waals surface area contributed by atoms with Crippen LogP contribution in [0.3, 0.4) is 0 Å². The summed E-state index contributed by atoms with van der Waals surface area (Å²) in [5.74, 6) is 0. The average Bonchev–Trinajstić information content (AvgIpc) is 2.29. The highest BCUT2D eigenvalue weighted by Gasteiger charge is 2.19. The van der Waals surface area contributed by atoms with E-state index in [-0.39, 0.29) is 6.04 Å². The Morgan fingerprint density at radius 2 is 1.83 bits per heavy atom. The van der Waals surface area contributed by atoms with Crippen molar-refractivity contribution in [3.63, 3.8) is 0 Å². The molecule has 0 aliphatic heterocycles. The molecule has 0 aromatic heterocycles. The van der Waals surface area contributed by atoms with Crippen LogP contribution in [0.15, 0.2) is 33.6 Å². The molecule has 18 heavy (non-hydrogen) atoms. The molecule has 0 heterocycles. The number of benzene rings is 1. The maximum Gasteiger partial charge on any atom is 0.240 e. The van der Waals surface area contributed by atoms with Crippen LogP contribution in [0, 0.1) is 0 Å². The van der Waals surface area contributed by atoms with Gasteiger partial charge in [-0.25, -0.2) is 13.1 Å². The van der Waals surface area contributed by atoms with E-state index in [4.69, 9.17) is 0 Å². The zero-order chi connectivity index (χ0) is 13.6. The molecule has 0 saturated carbocycles. The van der Waals surface area contributed by atoms with Gasteiger partial charge in [0.1, 0.15) is 0 Å². The Labute approximate surface area is 118 Å². The third-order valence-corrected chi connectivity index (χ3v) is 4.71. The number of rotatable bonds is 7. The van der Waals surface area contributed by atoms with Gasteiger partial charge in [0.25, 0.3) is 0 Å². The van der Waals surface area contributed by atoms with Crippen molar-refractivity contribution in [2.24, 2.45) is 0 Å². The summed E-state index contributed by atoms with van der Waals surface area (Å²) in [5.41, 5.74) is 0. The Balaban J connectivity index is 2.86. The molecular formula is C13H20BrNO2S. The summed E-state index contributed by atoms with van der Waals surface area (Å²) in [6.07, 6.45) is 3.71. The first kappa shape index (κ1) is 15.7. The van der Waals surface area contributed by atoms with Crippen LogP contribution < -0.4 is 4.72 Å². The lowest BCUT2D eigenvalue weighted by Crippen LogP contribution is -2.34. The maximum absolute atomic E-state index is 12.2. The predicted molar refractivity (Wildman–Crippen MR) is 78.1 cm³/mol. The molecule has 1 aromatic rings. The van der Waals surface area contributed by atoms with Crippen molar-refractivity contribution < 1.29 is 8.42 Å². The molecule has 0 saturated heterocycles. The normalized spacial score (nSPS) is 12.0. The van der Waals surface area contributed by atoms with Crippen LogP contribution in [0.25, 0.3) is 0 Å². The van der Waals surface area contributed by atoms with E-state index in [0.29, 0.717) is 4.90 Å². The molecule has 0 atom stereocenters. The van der Waals surface area contributed by atoms with Crippen molar-refractivity contribution in [1.29, 1.82) is 0 Å². The third kappa shape index (κ3) is 4.71. The van der Waals surface area contributed by atoms with Crippen molar-refractivity contribution >= 4 is 26.0 Å². The van der Waals surface area contributed by atoms with Crippen LogP contribution >= 0.6 is 15.9 Å². The summed E-state index contributed by atoms with van der Waals surface area (Å²) in [4.78, 5) is 0.314. The molecule has 0 aliphatic rings. The quantitative estimate of drug-likeness (QED) is 0.826. The Bertz CT molecular complexity index is 468. The van der Waals surface area contributed by atoms with Gasteiger partial charge in [-0.2, -0.15) is 0 Å². The summed E-state index contributed by atoms with van der Waals surface area (Å²) in [6.45, 7) is 4.13. The first-order valence-electron chi connectivity index (χ1n) is 6.27. The van der Waals surface area contributed by atoms with E-state index in [2.05, 4.69) is 34.5 Å². The van der Waals surface area contributed by atoms with Crippen molar-refractivity contribution in [3.05, 3.63) is 28.7 Å². The Morgan fingerprint density at radius 3 is 2.33 bits per heavy atom. The smallest absolute Gasteiger partial charge is 0.208 e. The molecule has 1 rings (SSSR count). The number of hydrogen-bond donors (Lipinski definition) is 1. The highest BCUT2D eigenvalue weighted by molar-refractivity contribution is 9.10. The molecule has 1 N–H and O–H groups in total. The number of hydrogen-bond acceptors (Lipinski definition) is 2. The van der Waals surface area contributed by atoms with Gasteiger partial charge in [0.05, 0.1) is 4.90 Å². The van der Waals surface area contributed by atoms with E-state index in [0.717, 1.165) is 30.2 Å². The van der Waals surface area contributed by atoms with Crippen molar-refractivity contribution in [2.45, 2.75) is 50.5 Å². The zero-order valence-electron chi connectivity index (χ0n) is 10.8. The molecule has 5 heteroatoms. The Kier molecular flexibility index (Phi) is 6.32. The van der Waals surface area contributed by atoms with Gasteiger partial charge >= 0.3 is 0 Å². The molecule has 0 fully saturated rings. The summed E-state index contributed by atoms with van der Waals surface area (Å²) < 4.78 is 28.0. The van der Waals surface area contributed by atoms with Crippen molar-refractivity contribution in [3.8, 4) is 0 Å². The van der Waals surface area contributed by atoms with E-state index in [1.54, 1.807) is 18.2 Å². The van der Waals surface area contributed by atoms with Gasteiger partial charge in [-0.3, -0.25) is 0 Å². The Morgan fingerprint density at radius 1 is 1.22 bits per heavy atom. The minimum Gasteiger partial charge on any atom is -0.208 e. The molecule has 102 valence electrons. The average molecular weight is 334 g/mol. The van der Waals surface area contributed by atoms with Gasteiger partial charge in [0, 0.05) is 10.5 Å². The van der Waals surface area contributed by atoms with Gasteiger partial charge in [-0.15, -0.1) is 0 Å². The highest BCUT2D eigenvalue weighted by atomic mass is 79.9. The van der Waals surface area contributed by atoms with Crippen molar-refractivity contribution in [1.82, 2.24) is 4.72 Å². The van der Waals surface area contributed by atoms with Crippen LogP contribution in [0.5, 0.6) is 0 Å². The first-order chi connectivity index (χ1) is 8.49. The van der Waals surface area contributed by atoms with Gasteiger partial charge in [-0.05, 0) is 31.0 Å². The molecule has 3 nitrogen and oxygen atoms in total. The minimum atomic E-state index is -3.41. The number of halogens is 1. The third-order valence-electron chi connectivity index (χ3n) is 2.70. The molecule has 0 unspecified atom stereocenters. The molecule has 1 aromatic carbocycles. The lowest BCUT2D eigenvalue weighted by atomic mass is 10.1. The highest BCUT2D eigenvalue weighted by Crippen LogP contribution is 2.17. The predicted octanol–water partition coefficient (Wildman–Crippen LogP) is 3.70. The lowest BCUT2D eigenvalue weighted by molar-refractivity contribution is 0.494. The van der Waals surface area contributed by atoms with Gasteiger partial charge in [0.15, 0.2) is 0 Å². The second-order valence-corrected chi connectivity index (χ2v) is 6.98. The molecule has 0 radical (unpaired) electrons. The van der Waals surface area contributed by atoms with Crippen LogP contribution in [-0.4, -0.2) is 14.5 Å². The number of sulfonamides is 1. The molecule has 0 bridgehead atoms. The summed E-state index contributed by atoms with van der Waals surface area (Å²) >= 11 is 3.29. The SMILES string of the molecule is CCCC(CCC)NS(=O)(=O)c1cccc(Br)c1. The fourth-order valence-electron chi connectivity index (χ4n) is 1.88. The first-order valence-corrected chi connectivity index (χ1v) is 8.55. The van der Waals surface area contributed by atoms with Gasteiger partial charge in [-0.1, -0.05) is 48.7 Å². The van der Waals surface area contributed by atoms with E-state index in [1.807, 2.05) is 6.07 Å². The largest absolute Gasteiger partial charge is 0.240 e. The van der Waals surface area contributed by atoms with E-state index < -0.39 is 10.0 Å². The van der Waals surface area contributed by atoms with Crippen molar-refractivity contribution in [2.75, 3.05) is 0 Å². The van der Waals surface area contributed by atoms with Crippen LogP contribution in [0.4, 0.5) is 0 Å². The molecular weight excluding hydrogens is 314 g/mol. The second kappa shape index (κ2) is 7.26. The topological polar surface area (TPSA) is 46.2 Å². The van der Waals surface area contributed by atoms with Gasteiger partial charge in [0.2, 0.25) is 10.0 Å². The fraction of sp³-hybridized carbons (Fsp3) is 0.538. The van der Waals surface area contributed by atoms with E-state index in [1.165, 1.54) is 0 Å². The standard InChI is InChI=1S/C13H20BrNO2S/c1-3-6-12(7-4-2)15-18(16,17)13-9-5-8-11(14)10-13/h5,8-10,12,15H,3-4,6-7H2,1-2H3. The summed E-state index contributed by atoms with van der Waals surface area (Å²) in [7, 11) is -3.41. The van der Waals surface area contributed by atoms with E-state index >= 15 is 0 Å². The van der Waals surface area contributed by atoms with Crippen LogP contribution in [-0.2, 0) is 10.0 Å². The molecule has 0 amide bonds. The Hall–Kier alpha value is -0.390. The summed E-state index contributed by atoms with van der Waals surface area (Å²) in [5, 5.41) is 0. The van der Waals surface area contributed by atoms with E-state index in [9.17, 15) is 8.42 Å². The molecule has 0 aliphatic carbocycles. The monoisotopic (exact) mass is 333 g/mol. The number of nitrogens with one attached hydrogen (secondary N) is 1. The second-order valence-electron chi connectivity index (χ2n) is 4.35. The zero-order valence-corrected chi connectivity index (χ0v) is 13.2. The van der Waals surface area contributed by atoms with Gasteiger partial charge < -0.3 is 0 Å². The lowest BCUT2D eigenvalue weighted by Gasteiger charge is -2.17. The summed E-state index contributed by atoms with van der Waals surface area (Å²) in [6, 6.07) is 6.81. The minimum absolute atomic E-state index is 0.0315. The van der Waals surface area contributed by atoms with Crippen LogP contribution in [0.1, 0.15) is 39.5 Å². The fourth-order valence-corrected chi connectivity index (χ4v) is 3.78. The maximum atomic E-state index is 12.2.